The number of aryl methyl sites for hydroxylation is 1. The smallest absolute Gasteiger partial charge is 0.379 e. The molecule has 0 bridgehead atoms. The number of amides is 1. The molecule has 4 heterocycles. The molecule has 192 valence electrons. The predicted molar refractivity (Wildman–Crippen MR) is 123 cm³/mol. The van der Waals surface area contributed by atoms with E-state index in [0.717, 1.165) is 12.4 Å². The molecule has 0 unspecified atom stereocenters. The second kappa shape index (κ2) is 10.4. The lowest BCUT2D eigenvalue weighted by Crippen LogP contribution is -2.49. The number of halogens is 3. The fourth-order valence-corrected chi connectivity index (χ4v) is 4.02. The summed E-state index contributed by atoms with van der Waals surface area (Å²) in [5.74, 6) is 0.0752. The molecule has 1 amide bonds. The molecule has 4 rings (SSSR count). The summed E-state index contributed by atoms with van der Waals surface area (Å²) in [6.45, 7) is 3.76. The fourth-order valence-electron chi connectivity index (χ4n) is 4.02. The van der Waals surface area contributed by atoms with E-state index >= 15 is 0 Å². The Hall–Kier alpha value is -3.81. The maximum absolute atomic E-state index is 12.7. The van der Waals surface area contributed by atoms with E-state index in [0.29, 0.717) is 42.6 Å². The van der Waals surface area contributed by atoms with E-state index in [2.05, 4.69) is 20.2 Å². The molecule has 1 fully saturated rings. The predicted octanol–water partition coefficient (Wildman–Crippen LogP) is 0.958. The zero-order valence-corrected chi connectivity index (χ0v) is 19.4. The van der Waals surface area contributed by atoms with E-state index in [-0.39, 0.29) is 49.2 Å². The van der Waals surface area contributed by atoms with Crippen molar-refractivity contribution in [1.82, 2.24) is 29.6 Å². The van der Waals surface area contributed by atoms with Crippen molar-refractivity contribution in [3.8, 4) is 0 Å². The SMILES string of the molecule is Cc1cc(=O)n(CCOCCC(=O)N2CCN(c3ncc(C(F)(F)F)cn3)CC2)c2cn[nH]c(=O)c12. The van der Waals surface area contributed by atoms with E-state index in [1.54, 1.807) is 16.7 Å². The molecular formula is C22H24F3N7O4. The van der Waals surface area contributed by atoms with Crippen molar-refractivity contribution in [2.75, 3.05) is 44.3 Å². The van der Waals surface area contributed by atoms with E-state index < -0.39 is 11.7 Å². The summed E-state index contributed by atoms with van der Waals surface area (Å²) in [5.41, 5.74) is -0.590. The van der Waals surface area contributed by atoms with Gasteiger partial charge in [-0.2, -0.15) is 18.3 Å². The van der Waals surface area contributed by atoms with Gasteiger partial charge in [0.25, 0.3) is 11.1 Å². The highest BCUT2D eigenvalue weighted by Crippen LogP contribution is 2.28. The topological polar surface area (TPSA) is 126 Å². The lowest BCUT2D eigenvalue weighted by atomic mass is 10.2. The number of fused-ring (bicyclic) bond motifs is 1. The molecule has 11 nitrogen and oxygen atoms in total. The average Bonchev–Trinajstić information content (AvgIpc) is 2.85. The van der Waals surface area contributed by atoms with Crippen molar-refractivity contribution in [3.05, 3.63) is 56.5 Å². The molecule has 14 heteroatoms. The number of carbonyl (C=O) groups excluding carboxylic acids is 1. The largest absolute Gasteiger partial charge is 0.419 e. The van der Waals surface area contributed by atoms with Gasteiger partial charge in [-0.15, -0.1) is 0 Å². The Morgan fingerprint density at radius 1 is 1.08 bits per heavy atom. The summed E-state index contributed by atoms with van der Waals surface area (Å²) in [4.78, 5) is 47.9. The lowest BCUT2D eigenvalue weighted by Gasteiger charge is -2.34. The van der Waals surface area contributed by atoms with Gasteiger partial charge in [-0.25, -0.2) is 15.1 Å². The number of aromatic nitrogens is 5. The molecule has 3 aromatic rings. The normalized spacial score (nSPS) is 14.4. The molecule has 0 radical (unpaired) electrons. The van der Waals surface area contributed by atoms with Crippen LogP contribution in [-0.2, 0) is 22.3 Å². The van der Waals surface area contributed by atoms with Crippen LogP contribution in [0, 0.1) is 6.92 Å². The quantitative estimate of drug-likeness (QED) is 0.469. The molecule has 3 aromatic heterocycles. The van der Waals surface area contributed by atoms with Gasteiger partial charge in [0.1, 0.15) is 0 Å². The van der Waals surface area contributed by atoms with Crippen LogP contribution in [-0.4, -0.2) is 74.9 Å². The van der Waals surface area contributed by atoms with Gasteiger partial charge in [0.05, 0.1) is 42.3 Å². The minimum atomic E-state index is -4.49. The van der Waals surface area contributed by atoms with E-state index in [1.807, 2.05) is 0 Å². The van der Waals surface area contributed by atoms with Crippen LogP contribution < -0.4 is 16.0 Å². The summed E-state index contributed by atoms with van der Waals surface area (Å²) in [6.07, 6.45) is -1.43. The van der Waals surface area contributed by atoms with Crippen molar-refractivity contribution < 1.29 is 22.7 Å². The second-order valence-electron chi connectivity index (χ2n) is 8.28. The summed E-state index contributed by atoms with van der Waals surface area (Å²) >= 11 is 0. The number of hydrogen-bond donors (Lipinski definition) is 1. The van der Waals surface area contributed by atoms with Gasteiger partial charge in [-0.1, -0.05) is 0 Å². The molecule has 1 N–H and O–H groups in total. The number of carbonyl (C=O) groups is 1. The van der Waals surface area contributed by atoms with Gasteiger partial charge in [0, 0.05) is 51.2 Å². The Bertz CT molecular complexity index is 1350. The Kier molecular flexibility index (Phi) is 7.33. The minimum Gasteiger partial charge on any atom is -0.379 e. The zero-order chi connectivity index (χ0) is 25.9. The van der Waals surface area contributed by atoms with Crippen LogP contribution in [0.5, 0.6) is 0 Å². The summed E-state index contributed by atoms with van der Waals surface area (Å²) in [7, 11) is 0. The number of H-pyrrole nitrogens is 1. The third-order valence-corrected chi connectivity index (χ3v) is 5.93. The Balaban J connectivity index is 1.23. The first-order valence-corrected chi connectivity index (χ1v) is 11.2. The van der Waals surface area contributed by atoms with E-state index in [4.69, 9.17) is 4.74 Å². The van der Waals surface area contributed by atoms with Gasteiger partial charge < -0.3 is 19.1 Å². The monoisotopic (exact) mass is 507 g/mol. The number of alkyl halides is 3. The van der Waals surface area contributed by atoms with Gasteiger partial charge in [-0.3, -0.25) is 14.4 Å². The average molecular weight is 507 g/mol. The fraction of sp³-hybridized carbons (Fsp3) is 0.455. The maximum Gasteiger partial charge on any atom is 0.419 e. The number of hydrogen-bond acceptors (Lipinski definition) is 8. The lowest BCUT2D eigenvalue weighted by molar-refractivity contribution is -0.138. The Morgan fingerprint density at radius 3 is 2.44 bits per heavy atom. The Morgan fingerprint density at radius 2 is 1.78 bits per heavy atom. The maximum atomic E-state index is 12.7. The number of rotatable bonds is 7. The van der Waals surface area contributed by atoms with E-state index in [9.17, 15) is 27.6 Å². The van der Waals surface area contributed by atoms with Crippen molar-refractivity contribution >= 4 is 22.8 Å². The van der Waals surface area contributed by atoms with Crippen molar-refractivity contribution in [2.45, 2.75) is 26.1 Å². The van der Waals surface area contributed by atoms with Crippen molar-refractivity contribution in [1.29, 1.82) is 0 Å². The van der Waals surface area contributed by atoms with Crippen LogP contribution in [0.25, 0.3) is 10.9 Å². The number of ether oxygens (including phenoxy) is 1. The number of nitrogens with zero attached hydrogens (tertiary/aromatic N) is 6. The van der Waals surface area contributed by atoms with Crippen LogP contribution >= 0.6 is 0 Å². The third kappa shape index (κ3) is 5.53. The number of pyridine rings is 1. The summed E-state index contributed by atoms with van der Waals surface area (Å²) < 4.78 is 45.0. The molecule has 1 aliphatic heterocycles. The first-order chi connectivity index (χ1) is 17.1. The van der Waals surface area contributed by atoms with E-state index in [1.165, 1.54) is 16.8 Å². The summed E-state index contributed by atoms with van der Waals surface area (Å²) in [5, 5.41) is 6.51. The van der Waals surface area contributed by atoms with Crippen LogP contribution in [0.15, 0.2) is 34.2 Å². The standard InChI is InChI=1S/C22H24F3N7O4/c1-14-10-18(34)32(16-13-28-29-20(35)19(14)16)7-9-36-8-2-17(33)30-3-5-31(6-4-30)21-26-11-15(12-27-21)22(23,24)25/h10-13H,2-9H2,1H3,(H,29,35). The van der Waals surface area contributed by atoms with Gasteiger partial charge in [0.2, 0.25) is 11.9 Å². The van der Waals surface area contributed by atoms with Gasteiger partial charge in [0.15, 0.2) is 0 Å². The van der Waals surface area contributed by atoms with Crippen LogP contribution in [0.4, 0.5) is 19.1 Å². The molecule has 0 atom stereocenters. The first-order valence-electron chi connectivity index (χ1n) is 11.2. The first kappa shape index (κ1) is 25.3. The molecular weight excluding hydrogens is 483 g/mol. The minimum absolute atomic E-state index is 0.114. The molecule has 0 saturated carbocycles. The second-order valence-corrected chi connectivity index (χ2v) is 8.28. The molecule has 1 aliphatic rings. The number of nitrogens with one attached hydrogen (secondary N) is 1. The Labute approximate surface area is 202 Å². The highest BCUT2D eigenvalue weighted by molar-refractivity contribution is 5.80. The molecule has 0 spiro atoms. The van der Waals surface area contributed by atoms with Gasteiger partial charge in [-0.05, 0) is 12.5 Å². The number of anilines is 1. The molecule has 36 heavy (non-hydrogen) atoms. The third-order valence-electron chi connectivity index (χ3n) is 5.93. The van der Waals surface area contributed by atoms with Crippen LogP contribution in [0.1, 0.15) is 17.5 Å². The summed E-state index contributed by atoms with van der Waals surface area (Å²) in [6, 6.07) is 1.39. The number of aromatic amines is 1. The van der Waals surface area contributed by atoms with Crippen molar-refractivity contribution in [3.63, 3.8) is 0 Å². The molecule has 0 aliphatic carbocycles. The zero-order valence-electron chi connectivity index (χ0n) is 19.4. The van der Waals surface area contributed by atoms with Crippen LogP contribution in [0.3, 0.4) is 0 Å². The van der Waals surface area contributed by atoms with Gasteiger partial charge >= 0.3 is 6.18 Å². The number of piperazine rings is 1. The molecule has 1 saturated heterocycles. The van der Waals surface area contributed by atoms with Crippen LogP contribution in [0.2, 0.25) is 0 Å². The highest BCUT2D eigenvalue weighted by Gasteiger charge is 2.32. The molecule has 0 aromatic carbocycles. The highest BCUT2D eigenvalue weighted by atomic mass is 19.4. The van der Waals surface area contributed by atoms with Crippen molar-refractivity contribution in [2.24, 2.45) is 0 Å².